The number of nitrogens with zero attached hydrogens (tertiary/aromatic N) is 2. The fraction of sp³-hybridized carbons (Fsp3) is 0.474. The minimum absolute atomic E-state index is 0.000968. The molecule has 1 aliphatic rings. The number of hydrogen-bond donors (Lipinski definition) is 1. The molecule has 138 valence electrons. The highest BCUT2D eigenvalue weighted by Gasteiger charge is 2.23. The second-order valence-electron chi connectivity index (χ2n) is 6.63. The van der Waals surface area contributed by atoms with E-state index in [1.807, 2.05) is 6.07 Å². The molecule has 1 aromatic carbocycles. The lowest BCUT2D eigenvalue weighted by Gasteiger charge is -2.17. The van der Waals surface area contributed by atoms with Gasteiger partial charge in [-0.1, -0.05) is 25.0 Å². The summed E-state index contributed by atoms with van der Waals surface area (Å²) in [5.74, 6) is -0.783. The molecule has 1 heterocycles. The van der Waals surface area contributed by atoms with Crippen LogP contribution in [0.3, 0.4) is 0 Å². The summed E-state index contributed by atoms with van der Waals surface area (Å²) in [5, 5.41) is 3.41. The smallest absolute Gasteiger partial charge is 0.308 e. The second-order valence-corrected chi connectivity index (χ2v) is 6.63. The molecule has 0 radical (unpaired) electrons. The molecule has 0 aliphatic heterocycles. The normalized spacial score (nSPS) is 15.7. The highest BCUT2D eigenvalue weighted by atomic mass is 16.5. The highest BCUT2D eigenvalue weighted by molar-refractivity contribution is 5.83. The summed E-state index contributed by atoms with van der Waals surface area (Å²) in [7, 11) is 0. The fourth-order valence-electron chi connectivity index (χ4n) is 3.18. The lowest BCUT2D eigenvalue weighted by molar-refractivity contribution is -0.155. The lowest BCUT2D eigenvalue weighted by Crippen LogP contribution is -2.41. The maximum absolute atomic E-state index is 12.4. The number of amides is 1. The topological polar surface area (TPSA) is 90.3 Å². The van der Waals surface area contributed by atoms with Gasteiger partial charge in [-0.25, -0.2) is 4.98 Å². The van der Waals surface area contributed by atoms with Gasteiger partial charge in [0.2, 0.25) is 0 Å². The Morgan fingerprint density at radius 1 is 1.31 bits per heavy atom. The number of benzene rings is 1. The number of carbonyl (C=O) groups excluding carboxylic acids is 2. The van der Waals surface area contributed by atoms with Crippen molar-refractivity contribution >= 4 is 22.8 Å². The van der Waals surface area contributed by atoms with E-state index in [0.29, 0.717) is 10.9 Å². The molecule has 0 saturated heterocycles. The number of ether oxygens (including phenoxy) is 1. The molecule has 1 aliphatic carbocycles. The summed E-state index contributed by atoms with van der Waals surface area (Å²) < 4.78 is 6.57. The summed E-state index contributed by atoms with van der Waals surface area (Å²) in [4.78, 5) is 40.6. The third-order valence-electron chi connectivity index (χ3n) is 4.67. The maximum Gasteiger partial charge on any atom is 0.308 e. The monoisotopic (exact) mass is 357 g/mol. The first-order chi connectivity index (χ1) is 12.5. The van der Waals surface area contributed by atoms with Gasteiger partial charge < -0.3 is 10.1 Å². The Kier molecular flexibility index (Phi) is 5.65. The zero-order valence-corrected chi connectivity index (χ0v) is 14.8. The third-order valence-corrected chi connectivity index (χ3v) is 4.67. The Labute approximate surface area is 151 Å². The van der Waals surface area contributed by atoms with Crippen LogP contribution in [0, 0.1) is 0 Å². The van der Waals surface area contributed by atoms with Crippen molar-refractivity contribution in [3.8, 4) is 0 Å². The summed E-state index contributed by atoms with van der Waals surface area (Å²) in [6.07, 6.45) is 4.78. The molecule has 26 heavy (non-hydrogen) atoms. The first kappa shape index (κ1) is 18.1. The van der Waals surface area contributed by atoms with Crippen LogP contribution in [-0.4, -0.2) is 33.6 Å². The van der Waals surface area contributed by atoms with E-state index in [0.717, 1.165) is 25.7 Å². The number of fused-ring (bicyclic) bond motifs is 1. The molecule has 1 aromatic heterocycles. The molecule has 1 atom stereocenters. The molecular formula is C19H23N3O4. The van der Waals surface area contributed by atoms with Gasteiger partial charge in [0.25, 0.3) is 11.5 Å². The van der Waals surface area contributed by atoms with Crippen molar-refractivity contribution in [1.29, 1.82) is 0 Å². The van der Waals surface area contributed by atoms with Crippen LogP contribution in [-0.2, 0) is 20.9 Å². The third kappa shape index (κ3) is 4.28. The number of rotatable bonds is 6. The van der Waals surface area contributed by atoms with E-state index in [1.54, 1.807) is 25.1 Å². The summed E-state index contributed by atoms with van der Waals surface area (Å²) >= 11 is 0. The van der Waals surface area contributed by atoms with Crippen molar-refractivity contribution in [3.05, 3.63) is 40.9 Å². The van der Waals surface area contributed by atoms with Crippen LogP contribution in [0.2, 0.25) is 0 Å². The van der Waals surface area contributed by atoms with E-state index in [1.165, 1.54) is 10.9 Å². The SMILES string of the molecule is C[C@@H](OC(=O)CCn1cnc2ccccc2c1=O)C(=O)NC1CCCC1. The Balaban J connectivity index is 1.53. The van der Waals surface area contributed by atoms with Crippen LogP contribution in [0.1, 0.15) is 39.0 Å². The standard InChI is InChI=1S/C19H23N3O4/c1-13(18(24)21-14-6-2-3-7-14)26-17(23)10-11-22-12-20-16-9-5-4-8-15(16)19(22)25/h4-5,8-9,12-14H,2-3,6-7,10-11H2,1H3,(H,21,24)/t13-/m1/s1. The van der Waals surface area contributed by atoms with E-state index >= 15 is 0 Å². The predicted molar refractivity (Wildman–Crippen MR) is 96.6 cm³/mol. The van der Waals surface area contributed by atoms with Crippen molar-refractivity contribution in [3.63, 3.8) is 0 Å². The van der Waals surface area contributed by atoms with Gasteiger partial charge in [-0.2, -0.15) is 0 Å². The summed E-state index contributed by atoms with van der Waals surface area (Å²) in [6, 6.07) is 7.24. The lowest BCUT2D eigenvalue weighted by atomic mass is 10.2. The van der Waals surface area contributed by atoms with Gasteiger partial charge in [0.15, 0.2) is 6.10 Å². The zero-order valence-electron chi connectivity index (χ0n) is 14.8. The summed E-state index contributed by atoms with van der Waals surface area (Å²) in [5.41, 5.74) is 0.420. The van der Waals surface area contributed by atoms with E-state index in [9.17, 15) is 14.4 Å². The minimum atomic E-state index is -0.838. The Morgan fingerprint density at radius 2 is 2.04 bits per heavy atom. The van der Waals surface area contributed by atoms with E-state index in [-0.39, 0.29) is 30.5 Å². The molecule has 1 saturated carbocycles. The fourth-order valence-corrected chi connectivity index (χ4v) is 3.18. The molecule has 1 fully saturated rings. The quantitative estimate of drug-likeness (QED) is 0.796. The number of aryl methyl sites for hydroxylation is 1. The predicted octanol–water partition coefficient (Wildman–Crippen LogP) is 1.78. The van der Waals surface area contributed by atoms with Gasteiger partial charge in [0.05, 0.1) is 23.7 Å². The first-order valence-electron chi connectivity index (χ1n) is 8.98. The van der Waals surface area contributed by atoms with Crippen molar-refractivity contribution in [2.24, 2.45) is 0 Å². The molecular weight excluding hydrogens is 334 g/mol. The molecule has 0 unspecified atom stereocenters. The van der Waals surface area contributed by atoms with Gasteiger partial charge in [-0.15, -0.1) is 0 Å². The molecule has 1 amide bonds. The molecule has 7 heteroatoms. The average Bonchev–Trinajstić information content (AvgIpc) is 3.14. The van der Waals surface area contributed by atoms with Crippen LogP contribution in [0.4, 0.5) is 0 Å². The van der Waals surface area contributed by atoms with E-state index in [4.69, 9.17) is 4.74 Å². The number of para-hydroxylation sites is 1. The zero-order chi connectivity index (χ0) is 18.5. The minimum Gasteiger partial charge on any atom is -0.452 e. The number of hydrogen-bond acceptors (Lipinski definition) is 5. The van der Waals surface area contributed by atoms with Crippen molar-refractivity contribution < 1.29 is 14.3 Å². The molecule has 0 bridgehead atoms. The van der Waals surface area contributed by atoms with Crippen LogP contribution in [0.25, 0.3) is 10.9 Å². The maximum atomic E-state index is 12.4. The Morgan fingerprint density at radius 3 is 2.81 bits per heavy atom. The van der Waals surface area contributed by atoms with Crippen LogP contribution in [0.5, 0.6) is 0 Å². The molecule has 0 spiro atoms. The molecule has 1 N–H and O–H groups in total. The van der Waals surface area contributed by atoms with Gasteiger partial charge in [-0.3, -0.25) is 19.0 Å². The summed E-state index contributed by atoms with van der Waals surface area (Å²) in [6.45, 7) is 1.72. The van der Waals surface area contributed by atoms with Crippen molar-refractivity contribution in [2.75, 3.05) is 0 Å². The van der Waals surface area contributed by atoms with E-state index < -0.39 is 12.1 Å². The van der Waals surface area contributed by atoms with Crippen LogP contribution in [0.15, 0.2) is 35.4 Å². The highest BCUT2D eigenvalue weighted by Crippen LogP contribution is 2.17. The average molecular weight is 357 g/mol. The molecule has 7 nitrogen and oxygen atoms in total. The molecule has 2 aromatic rings. The van der Waals surface area contributed by atoms with Crippen LogP contribution >= 0.6 is 0 Å². The second kappa shape index (κ2) is 8.12. The van der Waals surface area contributed by atoms with Gasteiger partial charge in [-0.05, 0) is 31.9 Å². The van der Waals surface area contributed by atoms with Gasteiger partial charge in [0, 0.05) is 12.6 Å². The molecule has 3 rings (SSSR count). The number of aromatic nitrogens is 2. The Hall–Kier alpha value is -2.70. The van der Waals surface area contributed by atoms with Gasteiger partial charge >= 0.3 is 5.97 Å². The van der Waals surface area contributed by atoms with Gasteiger partial charge in [0.1, 0.15) is 0 Å². The number of nitrogens with one attached hydrogen (secondary N) is 1. The first-order valence-corrected chi connectivity index (χ1v) is 8.98. The van der Waals surface area contributed by atoms with Crippen molar-refractivity contribution in [2.45, 2.75) is 57.7 Å². The van der Waals surface area contributed by atoms with Crippen LogP contribution < -0.4 is 10.9 Å². The number of esters is 1. The number of carbonyl (C=O) groups is 2. The largest absolute Gasteiger partial charge is 0.452 e. The van der Waals surface area contributed by atoms with Crippen molar-refractivity contribution in [1.82, 2.24) is 14.9 Å². The Bertz CT molecular complexity index is 855. The van der Waals surface area contributed by atoms with E-state index in [2.05, 4.69) is 10.3 Å².